The van der Waals surface area contributed by atoms with Crippen molar-refractivity contribution in [2.45, 2.75) is 64.3 Å². The first kappa shape index (κ1) is 16.7. The van der Waals surface area contributed by atoms with E-state index in [1.807, 2.05) is 45.9 Å². The molecule has 23 heavy (non-hydrogen) atoms. The molecule has 5 nitrogen and oxygen atoms in total. The Labute approximate surface area is 138 Å². The lowest BCUT2D eigenvalue weighted by Gasteiger charge is -2.32. The first-order valence-corrected chi connectivity index (χ1v) is 8.44. The number of pyridine rings is 1. The van der Waals surface area contributed by atoms with Crippen molar-refractivity contribution in [1.29, 1.82) is 0 Å². The summed E-state index contributed by atoms with van der Waals surface area (Å²) in [6.45, 7) is 9.51. The average molecular weight is 319 g/mol. The van der Waals surface area contributed by atoms with Crippen molar-refractivity contribution in [1.82, 2.24) is 4.98 Å². The van der Waals surface area contributed by atoms with Crippen molar-refractivity contribution in [3.8, 4) is 5.88 Å². The number of ether oxygens (including phenoxy) is 2. The van der Waals surface area contributed by atoms with Crippen molar-refractivity contribution in [2.75, 3.05) is 13.2 Å². The van der Waals surface area contributed by atoms with Crippen molar-refractivity contribution in [3.05, 3.63) is 18.2 Å². The lowest BCUT2D eigenvalue weighted by Crippen LogP contribution is -2.41. The van der Waals surface area contributed by atoms with E-state index in [1.54, 1.807) is 0 Å². The van der Waals surface area contributed by atoms with Gasteiger partial charge in [-0.05, 0) is 53.0 Å². The second-order valence-electron chi connectivity index (χ2n) is 7.29. The largest absolute Gasteiger partial charge is 0.514 e. The topological polar surface area (TPSA) is 49.8 Å². The van der Waals surface area contributed by atoms with Gasteiger partial charge in [0.15, 0.2) is 0 Å². The number of nitrogens with zero attached hydrogens (tertiary/aromatic N) is 1. The van der Waals surface area contributed by atoms with Crippen LogP contribution < -0.4 is 10.3 Å². The molecule has 2 aliphatic rings. The van der Waals surface area contributed by atoms with Crippen LogP contribution in [0.3, 0.4) is 0 Å². The molecule has 1 aromatic heterocycles. The zero-order valence-corrected chi connectivity index (χ0v) is 14.5. The molecule has 1 unspecified atom stereocenters. The third-order valence-corrected chi connectivity index (χ3v) is 4.93. The maximum Gasteiger partial charge on any atom is 0.514 e. The Balaban J connectivity index is 1.63. The van der Waals surface area contributed by atoms with Crippen LogP contribution in [0.15, 0.2) is 18.2 Å². The van der Waals surface area contributed by atoms with Crippen molar-refractivity contribution < 1.29 is 18.8 Å². The summed E-state index contributed by atoms with van der Waals surface area (Å²) in [7, 11) is -0.463. The van der Waals surface area contributed by atoms with Crippen LogP contribution in [0.25, 0.3) is 0 Å². The second-order valence-corrected chi connectivity index (χ2v) is 7.29. The van der Waals surface area contributed by atoms with E-state index in [4.69, 9.17) is 18.8 Å². The summed E-state index contributed by atoms with van der Waals surface area (Å²) in [5.74, 6) is 0.589. The van der Waals surface area contributed by atoms with Crippen LogP contribution in [0, 0.1) is 0 Å². The summed E-state index contributed by atoms with van der Waals surface area (Å²) in [6, 6.07) is 5.69. The first-order valence-electron chi connectivity index (χ1n) is 8.44. The minimum atomic E-state index is -0.463. The summed E-state index contributed by atoms with van der Waals surface area (Å²) >= 11 is 0. The molecule has 0 radical (unpaired) electrons. The molecule has 0 bridgehead atoms. The SMILES string of the molecule is CC1(C)OB(c2cccc(OCC3CCCCO3)n2)OC1(C)C. The van der Waals surface area contributed by atoms with E-state index in [2.05, 4.69) is 4.98 Å². The highest BCUT2D eigenvalue weighted by molar-refractivity contribution is 6.61. The lowest BCUT2D eigenvalue weighted by atomic mass is 9.84. The first-order chi connectivity index (χ1) is 10.9. The molecule has 0 N–H and O–H groups in total. The maximum absolute atomic E-state index is 6.03. The van der Waals surface area contributed by atoms with Crippen LogP contribution in [0.5, 0.6) is 5.88 Å². The third kappa shape index (κ3) is 3.70. The molecule has 2 fully saturated rings. The lowest BCUT2D eigenvalue weighted by molar-refractivity contribution is -0.0119. The summed E-state index contributed by atoms with van der Waals surface area (Å²) in [5, 5.41) is 0. The van der Waals surface area contributed by atoms with Gasteiger partial charge in [-0.2, -0.15) is 0 Å². The molecule has 3 heterocycles. The minimum absolute atomic E-state index is 0.172. The molecule has 0 saturated carbocycles. The Hall–Kier alpha value is -1.11. The molecule has 0 aliphatic carbocycles. The summed E-state index contributed by atoms with van der Waals surface area (Å²) in [6.07, 6.45) is 3.57. The van der Waals surface area contributed by atoms with Crippen molar-refractivity contribution >= 4 is 12.7 Å². The van der Waals surface area contributed by atoms with Crippen LogP contribution >= 0.6 is 0 Å². The monoisotopic (exact) mass is 319 g/mol. The van der Waals surface area contributed by atoms with E-state index in [0.29, 0.717) is 12.5 Å². The van der Waals surface area contributed by atoms with E-state index < -0.39 is 7.12 Å². The Kier molecular flexibility index (Phi) is 4.67. The summed E-state index contributed by atoms with van der Waals surface area (Å²) < 4.78 is 23.6. The van der Waals surface area contributed by atoms with E-state index in [0.717, 1.165) is 25.0 Å². The molecule has 2 saturated heterocycles. The highest BCUT2D eigenvalue weighted by Crippen LogP contribution is 2.36. The van der Waals surface area contributed by atoms with Gasteiger partial charge in [0.1, 0.15) is 6.61 Å². The van der Waals surface area contributed by atoms with Crippen molar-refractivity contribution in [3.63, 3.8) is 0 Å². The molecule has 0 aromatic carbocycles. The van der Waals surface area contributed by atoms with Gasteiger partial charge < -0.3 is 18.8 Å². The van der Waals surface area contributed by atoms with Gasteiger partial charge in [0.25, 0.3) is 0 Å². The minimum Gasteiger partial charge on any atom is -0.475 e. The number of hydrogen-bond acceptors (Lipinski definition) is 5. The molecular formula is C17H26BNO4. The Bertz CT molecular complexity index is 527. The normalized spacial score (nSPS) is 26.3. The molecule has 3 rings (SSSR count). The van der Waals surface area contributed by atoms with Gasteiger partial charge >= 0.3 is 7.12 Å². The predicted molar refractivity (Wildman–Crippen MR) is 89.0 cm³/mol. The van der Waals surface area contributed by atoms with E-state index in [-0.39, 0.29) is 17.3 Å². The Morgan fingerprint density at radius 3 is 2.57 bits per heavy atom. The van der Waals surface area contributed by atoms with Crippen LogP contribution in [0.4, 0.5) is 0 Å². The Morgan fingerprint density at radius 1 is 1.17 bits per heavy atom. The molecule has 0 spiro atoms. The van der Waals surface area contributed by atoms with Gasteiger partial charge in [0.2, 0.25) is 5.88 Å². The van der Waals surface area contributed by atoms with Crippen molar-refractivity contribution in [2.24, 2.45) is 0 Å². The van der Waals surface area contributed by atoms with Crippen LogP contribution in [-0.2, 0) is 14.0 Å². The standard InChI is InChI=1S/C17H26BNO4/c1-16(2)17(3,4)23-18(22-16)14-9-7-10-15(19-14)21-12-13-8-5-6-11-20-13/h7,9-10,13H,5-6,8,11-12H2,1-4H3. The molecular weight excluding hydrogens is 293 g/mol. The molecule has 2 aliphatic heterocycles. The molecule has 1 aromatic rings. The smallest absolute Gasteiger partial charge is 0.475 e. The van der Waals surface area contributed by atoms with Gasteiger partial charge in [-0.3, -0.25) is 0 Å². The van der Waals surface area contributed by atoms with Gasteiger partial charge in [0.05, 0.1) is 22.9 Å². The average Bonchev–Trinajstić information content (AvgIpc) is 2.75. The molecule has 0 amide bonds. The van der Waals surface area contributed by atoms with E-state index in [9.17, 15) is 0 Å². The highest BCUT2D eigenvalue weighted by Gasteiger charge is 2.52. The second kappa shape index (κ2) is 6.42. The van der Waals surface area contributed by atoms with Crippen LogP contribution in [0.1, 0.15) is 47.0 Å². The van der Waals surface area contributed by atoms with E-state index >= 15 is 0 Å². The highest BCUT2D eigenvalue weighted by atomic mass is 16.7. The zero-order chi connectivity index (χ0) is 16.5. The van der Waals surface area contributed by atoms with Gasteiger partial charge in [-0.1, -0.05) is 6.07 Å². The van der Waals surface area contributed by atoms with Crippen LogP contribution in [0.2, 0.25) is 0 Å². The maximum atomic E-state index is 6.03. The van der Waals surface area contributed by atoms with E-state index in [1.165, 1.54) is 6.42 Å². The zero-order valence-electron chi connectivity index (χ0n) is 14.5. The number of rotatable bonds is 4. The number of aromatic nitrogens is 1. The fourth-order valence-electron chi connectivity index (χ4n) is 2.72. The fraction of sp³-hybridized carbons (Fsp3) is 0.706. The third-order valence-electron chi connectivity index (χ3n) is 4.93. The summed E-state index contributed by atoms with van der Waals surface area (Å²) in [4.78, 5) is 4.54. The van der Waals surface area contributed by atoms with Gasteiger partial charge in [0, 0.05) is 12.7 Å². The molecule has 1 atom stereocenters. The Morgan fingerprint density at radius 2 is 1.91 bits per heavy atom. The molecule has 126 valence electrons. The predicted octanol–water partition coefficient (Wildman–Crippen LogP) is 2.33. The molecule has 6 heteroatoms. The quantitative estimate of drug-likeness (QED) is 0.797. The number of hydrogen-bond donors (Lipinski definition) is 0. The van der Waals surface area contributed by atoms with Gasteiger partial charge in [-0.15, -0.1) is 0 Å². The summed E-state index contributed by atoms with van der Waals surface area (Å²) in [5.41, 5.74) is 0.00359. The fourth-order valence-corrected chi connectivity index (χ4v) is 2.72. The van der Waals surface area contributed by atoms with Crippen LogP contribution in [-0.4, -0.2) is 42.6 Å². The van der Waals surface area contributed by atoms with Gasteiger partial charge in [-0.25, -0.2) is 4.98 Å².